The van der Waals surface area contributed by atoms with E-state index in [0.29, 0.717) is 6.42 Å². The van der Waals surface area contributed by atoms with E-state index in [1.54, 1.807) is 7.11 Å². The summed E-state index contributed by atoms with van der Waals surface area (Å²) < 4.78 is 16.0. The van der Waals surface area contributed by atoms with E-state index in [2.05, 4.69) is 13.2 Å². The molecule has 18 heavy (non-hydrogen) atoms. The van der Waals surface area contributed by atoms with Gasteiger partial charge in [-0.2, -0.15) is 0 Å². The summed E-state index contributed by atoms with van der Waals surface area (Å²) in [5.41, 5.74) is -0.562. The van der Waals surface area contributed by atoms with Gasteiger partial charge >= 0.3 is 0 Å². The van der Waals surface area contributed by atoms with Crippen molar-refractivity contribution in [3.05, 3.63) is 13.2 Å². The van der Waals surface area contributed by atoms with Gasteiger partial charge < -0.3 is 24.4 Å². The van der Waals surface area contributed by atoms with Crippen LogP contribution >= 0.6 is 0 Å². The summed E-state index contributed by atoms with van der Waals surface area (Å²) in [5, 5.41) is 19.3. The molecule has 1 aliphatic rings. The molecule has 0 aromatic rings. The van der Waals surface area contributed by atoms with Gasteiger partial charge in [0.25, 0.3) is 0 Å². The van der Waals surface area contributed by atoms with E-state index in [0.717, 1.165) is 0 Å². The Kier molecular flexibility index (Phi) is 6.46. The van der Waals surface area contributed by atoms with Gasteiger partial charge in [0.2, 0.25) is 0 Å². The number of hydrogen-bond donors (Lipinski definition) is 2. The Morgan fingerprint density at radius 1 is 1.33 bits per heavy atom. The first-order valence-electron chi connectivity index (χ1n) is 5.94. The summed E-state index contributed by atoms with van der Waals surface area (Å²) in [6.07, 6.45) is -1.33. The molecule has 1 fully saturated rings. The van der Waals surface area contributed by atoms with Gasteiger partial charge in [0.1, 0.15) is 6.10 Å². The number of ether oxygens (including phenoxy) is 3. The molecular formula is C13H26O5. The molecule has 108 valence electrons. The molecule has 0 amide bonds. The fourth-order valence-electron chi connectivity index (χ4n) is 1.93. The highest BCUT2D eigenvalue weighted by Gasteiger charge is 2.44. The third kappa shape index (κ3) is 5.04. The van der Waals surface area contributed by atoms with Crippen LogP contribution in [0.1, 0.15) is 34.1 Å². The van der Waals surface area contributed by atoms with E-state index in [9.17, 15) is 10.2 Å². The largest absolute Gasteiger partial charge is 0.378 e. The number of aliphatic hydroxyl groups is 2. The SMILES string of the molecule is C=C.CO[C@@H]1C[C@@H](OC(C)(C)O)C(O)OC1(C)C. The summed E-state index contributed by atoms with van der Waals surface area (Å²) in [5.74, 6) is -1.30. The Bertz CT molecular complexity index is 246. The Hall–Kier alpha value is -0.460. The van der Waals surface area contributed by atoms with Crippen LogP contribution in [0.2, 0.25) is 0 Å². The van der Waals surface area contributed by atoms with Gasteiger partial charge in [0.05, 0.1) is 11.7 Å². The lowest BCUT2D eigenvalue weighted by Crippen LogP contribution is -2.55. The summed E-state index contributed by atoms with van der Waals surface area (Å²) in [6, 6.07) is 0. The van der Waals surface area contributed by atoms with Gasteiger partial charge in [0, 0.05) is 13.5 Å². The van der Waals surface area contributed by atoms with Gasteiger partial charge in [0.15, 0.2) is 12.1 Å². The van der Waals surface area contributed by atoms with Crippen molar-refractivity contribution in [1.29, 1.82) is 0 Å². The zero-order chi connectivity index (χ0) is 14.6. The zero-order valence-corrected chi connectivity index (χ0v) is 12.0. The zero-order valence-electron chi connectivity index (χ0n) is 12.0. The normalized spacial score (nSPS) is 31.4. The van der Waals surface area contributed by atoms with Crippen molar-refractivity contribution in [2.45, 2.75) is 64.0 Å². The van der Waals surface area contributed by atoms with Crippen LogP contribution in [0.15, 0.2) is 13.2 Å². The molecule has 0 aromatic heterocycles. The molecule has 0 aromatic carbocycles. The highest BCUT2D eigenvalue weighted by molar-refractivity contribution is 4.89. The van der Waals surface area contributed by atoms with Crippen LogP contribution in [0.5, 0.6) is 0 Å². The third-order valence-corrected chi connectivity index (χ3v) is 2.69. The molecule has 0 radical (unpaired) electrons. The molecular weight excluding hydrogens is 236 g/mol. The van der Waals surface area contributed by atoms with Gasteiger partial charge in [-0.05, 0) is 27.7 Å². The number of rotatable bonds is 3. The van der Waals surface area contributed by atoms with Gasteiger partial charge in [-0.3, -0.25) is 0 Å². The van der Waals surface area contributed by atoms with E-state index in [1.165, 1.54) is 13.8 Å². The molecule has 0 spiro atoms. The minimum absolute atomic E-state index is 0.178. The van der Waals surface area contributed by atoms with Crippen LogP contribution in [-0.2, 0) is 14.2 Å². The van der Waals surface area contributed by atoms with E-state index in [4.69, 9.17) is 14.2 Å². The lowest BCUT2D eigenvalue weighted by molar-refractivity contribution is -0.327. The van der Waals surface area contributed by atoms with Crippen molar-refractivity contribution >= 4 is 0 Å². The van der Waals surface area contributed by atoms with Crippen molar-refractivity contribution < 1.29 is 24.4 Å². The van der Waals surface area contributed by atoms with Crippen molar-refractivity contribution in [1.82, 2.24) is 0 Å². The van der Waals surface area contributed by atoms with E-state index in [1.807, 2.05) is 13.8 Å². The first-order valence-corrected chi connectivity index (χ1v) is 5.94. The fourth-order valence-corrected chi connectivity index (χ4v) is 1.93. The molecule has 0 saturated carbocycles. The van der Waals surface area contributed by atoms with Crippen LogP contribution in [0.3, 0.4) is 0 Å². The van der Waals surface area contributed by atoms with Crippen LogP contribution in [0.25, 0.3) is 0 Å². The van der Waals surface area contributed by atoms with Crippen LogP contribution < -0.4 is 0 Å². The van der Waals surface area contributed by atoms with E-state index in [-0.39, 0.29) is 6.10 Å². The molecule has 2 N–H and O–H groups in total. The summed E-state index contributed by atoms with van der Waals surface area (Å²) in [7, 11) is 1.59. The monoisotopic (exact) mass is 262 g/mol. The van der Waals surface area contributed by atoms with Crippen molar-refractivity contribution in [3.63, 3.8) is 0 Å². The Morgan fingerprint density at radius 3 is 2.22 bits per heavy atom. The maximum atomic E-state index is 9.77. The van der Waals surface area contributed by atoms with Gasteiger partial charge in [-0.1, -0.05) is 0 Å². The minimum atomic E-state index is -1.30. The van der Waals surface area contributed by atoms with Crippen molar-refractivity contribution in [2.75, 3.05) is 7.11 Å². The fraction of sp³-hybridized carbons (Fsp3) is 0.846. The third-order valence-electron chi connectivity index (χ3n) is 2.69. The van der Waals surface area contributed by atoms with E-state index < -0.39 is 23.8 Å². The summed E-state index contributed by atoms with van der Waals surface area (Å²) >= 11 is 0. The number of hydrogen-bond acceptors (Lipinski definition) is 5. The highest BCUT2D eigenvalue weighted by atomic mass is 16.7. The molecule has 5 nitrogen and oxygen atoms in total. The Labute approximate surface area is 109 Å². The summed E-state index contributed by atoms with van der Waals surface area (Å²) in [4.78, 5) is 0. The molecule has 1 unspecified atom stereocenters. The highest BCUT2D eigenvalue weighted by Crippen LogP contribution is 2.32. The Morgan fingerprint density at radius 2 is 1.83 bits per heavy atom. The lowest BCUT2D eigenvalue weighted by Gasteiger charge is -2.44. The van der Waals surface area contributed by atoms with Crippen molar-refractivity contribution in [3.8, 4) is 0 Å². The van der Waals surface area contributed by atoms with Crippen molar-refractivity contribution in [2.24, 2.45) is 0 Å². The molecule has 5 heteroatoms. The van der Waals surface area contributed by atoms with Crippen LogP contribution in [0.4, 0.5) is 0 Å². The molecule has 1 saturated heterocycles. The van der Waals surface area contributed by atoms with Crippen LogP contribution in [0, 0.1) is 0 Å². The minimum Gasteiger partial charge on any atom is -0.378 e. The first kappa shape index (κ1) is 17.5. The van der Waals surface area contributed by atoms with E-state index >= 15 is 0 Å². The molecule has 0 bridgehead atoms. The standard InChI is InChI=1S/C11H22O5.C2H4/c1-10(2)8(14-5)6-7(9(12)16-10)15-11(3,4)13;1-2/h7-9,12-13H,6H2,1-5H3;1-2H2/t7-,8-,9?;/m1./s1. The topological polar surface area (TPSA) is 68.2 Å². The Balaban J connectivity index is 0.00000137. The quantitative estimate of drug-likeness (QED) is 0.595. The molecule has 1 aliphatic heterocycles. The molecule has 0 aliphatic carbocycles. The first-order chi connectivity index (χ1) is 8.15. The number of aliphatic hydroxyl groups excluding tert-OH is 1. The number of methoxy groups -OCH3 is 1. The van der Waals surface area contributed by atoms with Gasteiger partial charge in [-0.15, -0.1) is 13.2 Å². The predicted octanol–water partition coefficient (Wildman–Crippen LogP) is 1.43. The maximum Gasteiger partial charge on any atom is 0.182 e. The second-order valence-corrected chi connectivity index (χ2v) is 5.17. The van der Waals surface area contributed by atoms with Gasteiger partial charge in [-0.25, -0.2) is 0 Å². The second kappa shape index (κ2) is 6.63. The molecule has 1 rings (SSSR count). The van der Waals surface area contributed by atoms with Crippen LogP contribution in [-0.4, -0.2) is 47.2 Å². The molecule has 3 atom stereocenters. The smallest absolute Gasteiger partial charge is 0.182 e. The predicted molar refractivity (Wildman–Crippen MR) is 69.0 cm³/mol. The lowest BCUT2D eigenvalue weighted by atomic mass is 9.92. The average Bonchev–Trinajstić information content (AvgIpc) is 2.22. The average molecular weight is 262 g/mol. The summed E-state index contributed by atoms with van der Waals surface area (Å²) in [6.45, 7) is 12.7. The molecule has 1 heterocycles. The second-order valence-electron chi connectivity index (χ2n) is 5.17. The maximum absolute atomic E-state index is 9.77.